The largest absolute Gasteiger partial charge is 0.461 e. The number of carbonyl (C=O) groups excluding carboxylic acids is 1. The van der Waals surface area contributed by atoms with Crippen molar-refractivity contribution in [1.82, 2.24) is 0 Å². The van der Waals surface area contributed by atoms with Gasteiger partial charge in [-0.15, -0.1) is 0 Å². The van der Waals surface area contributed by atoms with Crippen molar-refractivity contribution >= 4 is 45.7 Å². The van der Waals surface area contributed by atoms with Gasteiger partial charge < -0.3 is 4.74 Å². The Morgan fingerprint density at radius 3 is 2.84 bits per heavy atom. The second-order valence-corrected chi connectivity index (χ2v) is 3.95. The first-order valence-corrected chi connectivity index (χ1v) is 5.81. The molecular weight excluding hydrogens is 297 g/mol. The lowest BCUT2D eigenvalue weighted by Gasteiger charge is -2.03. The number of halogens is 2. The van der Waals surface area contributed by atoms with E-state index in [1.807, 2.05) is 0 Å². The van der Waals surface area contributed by atoms with Gasteiger partial charge in [-0.3, -0.25) is 15.5 Å². The van der Waals surface area contributed by atoms with Crippen LogP contribution in [0.3, 0.4) is 0 Å². The lowest BCUT2D eigenvalue weighted by molar-refractivity contribution is -0.383. The Balaban J connectivity index is 2.91. The van der Waals surface area contributed by atoms with E-state index in [1.165, 1.54) is 12.1 Å². The Morgan fingerprint density at radius 2 is 2.26 bits per heavy atom. The fraction of sp³-hybridized carbons (Fsp3) is 0.200. The van der Waals surface area contributed by atoms with Gasteiger partial charge in [0, 0.05) is 11.1 Å². The summed E-state index contributed by atoms with van der Waals surface area (Å²) in [7, 11) is 0. The Hall–Kier alpha value is -1.86. The van der Waals surface area contributed by atoms with Crippen LogP contribution in [0.4, 0.5) is 11.4 Å². The smallest absolute Gasteiger partial charge is 0.370 e. The number of rotatable bonds is 5. The average molecular weight is 306 g/mol. The normalized spacial score (nSPS) is 11.0. The maximum Gasteiger partial charge on any atom is 0.370 e. The number of benzene rings is 1. The van der Waals surface area contributed by atoms with Gasteiger partial charge in [-0.25, -0.2) is 4.79 Å². The zero-order valence-corrected chi connectivity index (χ0v) is 11.2. The molecule has 9 heteroatoms. The minimum Gasteiger partial charge on any atom is -0.461 e. The molecule has 0 saturated carbocycles. The number of anilines is 1. The highest BCUT2D eigenvalue weighted by molar-refractivity contribution is 6.82. The number of nitrogens with zero attached hydrogens (tertiary/aromatic N) is 2. The molecule has 0 aliphatic rings. The number of hydrazone groups is 1. The number of ether oxygens (including phenoxy) is 1. The van der Waals surface area contributed by atoms with E-state index in [2.05, 4.69) is 15.3 Å². The van der Waals surface area contributed by atoms with E-state index in [-0.39, 0.29) is 23.0 Å². The van der Waals surface area contributed by atoms with Crippen LogP contribution in [0, 0.1) is 10.1 Å². The molecule has 0 radical (unpaired) electrons. The Labute approximate surface area is 118 Å². The average Bonchev–Trinajstić information content (AvgIpc) is 2.36. The van der Waals surface area contributed by atoms with E-state index in [0.717, 1.165) is 6.07 Å². The molecular formula is C10H9Cl2N3O4. The first-order valence-electron chi connectivity index (χ1n) is 5.06. The van der Waals surface area contributed by atoms with Crippen LogP contribution in [0.15, 0.2) is 23.3 Å². The quantitative estimate of drug-likeness (QED) is 0.391. The van der Waals surface area contributed by atoms with Crippen molar-refractivity contribution in [3.05, 3.63) is 33.3 Å². The Morgan fingerprint density at radius 1 is 1.58 bits per heavy atom. The standard InChI is InChI=1S/C10H9Cl2N3O4/c1-2-19-10(16)9(12)14-13-7-4-3-6(11)5-8(7)15(17)18/h3-5,13H,2H2,1H3/b14-9-. The van der Waals surface area contributed by atoms with Gasteiger partial charge in [-0.05, 0) is 19.1 Å². The third-order valence-corrected chi connectivity index (χ3v) is 2.35. The molecule has 0 spiro atoms. The van der Waals surface area contributed by atoms with Crippen LogP contribution in [0.5, 0.6) is 0 Å². The van der Waals surface area contributed by atoms with Gasteiger partial charge in [0.15, 0.2) is 0 Å². The second kappa shape index (κ2) is 6.91. The van der Waals surface area contributed by atoms with Gasteiger partial charge in [0.25, 0.3) is 5.69 Å². The summed E-state index contributed by atoms with van der Waals surface area (Å²) in [5.74, 6) is -0.826. The molecule has 0 aliphatic carbocycles. The first-order chi connectivity index (χ1) is 8.95. The monoisotopic (exact) mass is 305 g/mol. The van der Waals surface area contributed by atoms with Crippen LogP contribution in [0.25, 0.3) is 0 Å². The van der Waals surface area contributed by atoms with Crippen molar-refractivity contribution in [3.63, 3.8) is 0 Å². The van der Waals surface area contributed by atoms with E-state index < -0.39 is 16.1 Å². The van der Waals surface area contributed by atoms with E-state index in [0.29, 0.717) is 0 Å². The van der Waals surface area contributed by atoms with Gasteiger partial charge in [0.1, 0.15) is 5.69 Å². The van der Waals surface area contributed by atoms with Crippen molar-refractivity contribution in [2.75, 3.05) is 12.0 Å². The number of nitro benzene ring substituents is 1. The van der Waals surface area contributed by atoms with Crippen LogP contribution >= 0.6 is 23.2 Å². The molecule has 1 rings (SSSR count). The number of carbonyl (C=O) groups is 1. The summed E-state index contributed by atoms with van der Waals surface area (Å²) in [4.78, 5) is 21.3. The van der Waals surface area contributed by atoms with Crippen molar-refractivity contribution in [1.29, 1.82) is 0 Å². The van der Waals surface area contributed by atoms with E-state index >= 15 is 0 Å². The molecule has 0 fully saturated rings. The molecule has 0 amide bonds. The SMILES string of the molecule is CCOC(=O)/C(Cl)=N/Nc1ccc(Cl)cc1[N+](=O)[O-]. The van der Waals surface area contributed by atoms with E-state index in [4.69, 9.17) is 23.2 Å². The molecule has 0 heterocycles. The Kier molecular flexibility index (Phi) is 5.53. The van der Waals surface area contributed by atoms with Crippen LogP contribution in [-0.2, 0) is 9.53 Å². The molecule has 0 bridgehead atoms. The van der Waals surface area contributed by atoms with Gasteiger partial charge >= 0.3 is 5.97 Å². The van der Waals surface area contributed by atoms with Crippen LogP contribution in [-0.4, -0.2) is 22.7 Å². The maximum atomic E-state index is 11.2. The summed E-state index contributed by atoms with van der Waals surface area (Å²) >= 11 is 11.2. The highest BCUT2D eigenvalue weighted by atomic mass is 35.5. The second-order valence-electron chi connectivity index (χ2n) is 3.15. The molecule has 1 aromatic carbocycles. The summed E-state index contributed by atoms with van der Waals surface area (Å²) in [5, 5.41) is 14.0. The summed E-state index contributed by atoms with van der Waals surface area (Å²) < 4.78 is 4.59. The molecule has 0 atom stereocenters. The zero-order valence-electron chi connectivity index (χ0n) is 9.72. The molecule has 1 aromatic rings. The lowest BCUT2D eigenvalue weighted by Crippen LogP contribution is -2.13. The third kappa shape index (κ3) is 4.38. The molecule has 0 aliphatic heterocycles. The summed E-state index contributed by atoms with van der Waals surface area (Å²) in [5.41, 5.74) is 2.08. The highest BCUT2D eigenvalue weighted by Crippen LogP contribution is 2.27. The van der Waals surface area contributed by atoms with Crippen LogP contribution in [0.1, 0.15) is 6.92 Å². The van der Waals surface area contributed by atoms with Crippen LogP contribution in [0.2, 0.25) is 5.02 Å². The number of nitrogens with one attached hydrogen (secondary N) is 1. The number of esters is 1. The van der Waals surface area contributed by atoms with Crippen molar-refractivity contribution in [3.8, 4) is 0 Å². The summed E-state index contributed by atoms with van der Waals surface area (Å²) in [6.45, 7) is 1.76. The van der Waals surface area contributed by atoms with E-state index in [1.54, 1.807) is 6.92 Å². The predicted molar refractivity (Wildman–Crippen MR) is 71.7 cm³/mol. The minimum atomic E-state index is -0.826. The molecule has 0 saturated heterocycles. The number of hydrogen-bond acceptors (Lipinski definition) is 6. The molecule has 0 unspecified atom stereocenters. The fourth-order valence-corrected chi connectivity index (χ4v) is 1.36. The zero-order chi connectivity index (χ0) is 14.4. The van der Waals surface area contributed by atoms with Gasteiger partial charge in [0.05, 0.1) is 11.5 Å². The van der Waals surface area contributed by atoms with Crippen molar-refractivity contribution < 1.29 is 14.5 Å². The van der Waals surface area contributed by atoms with Gasteiger partial charge in [-0.2, -0.15) is 5.10 Å². The lowest BCUT2D eigenvalue weighted by atomic mass is 10.3. The van der Waals surface area contributed by atoms with Gasteiger partial charge in [-0.1, -0.05) is 23.2 Å². The topological polar surface area (TPSA) is 93.8 Å². The molecule has 0 aromatic heterocycles. The van der Waals surface area contributed by atoms with Crippen LogP contribution < -0.4 is 5.43 Å². The highest BCUT2D eigenvalue weighted by Gasteiger charge is 2.15. The van der Waals surface area contributed by atoms with Gasteiger partial charge in [0.2, 0.25) is 5.17 Å². The molecule has 102 valence electrons. The maximum absolute atomic E-state index is 11.2. The molecule has 7 nitrogen and oxygen atoms in total. The molecule has 19 heavy (non-hydrogen) atoms. The number of hydrogen-bond donors (Lipinski definition) is 1. The van der Waals surface area contributed by atoms with E-state index in [9.17, 15) is 14.9 Å². The van der Waals surface area contributed by atoms with Crippen molar-refractivity contribution in [2.24, 2.45) is 5.10 Å². The predicted octanol–water partition coefficient (Wildman–Crippen LogP) is 2.78. The Bertz CT molecular complexity index is 534. The first kappa shape index (κ1) is 15.2. The minimum absolute atomic E-state index is 0.0526. The summed E-state index contributed by atoms with van der Waals surface area (Å²) in [6, 6.07) is 3.93. The fourth-order valence-electron chi connectivity index (χ4n) is 1.10. The third-order valence-electron chi connectivity index (χ3n) is 1.87. The summed E-state index contributed by atoms with van der Waals surface area (Å²) in [6.07, 6.45) is 0. The van der Waals surface area contributed by atoms with Crippen molar-refractivity contribution in [2.45, 2.75) is 6.92 Å². The number of nitro groups is 1. The molecule has 1 N–H and O–H groups in total.